The van der Waals surface area contributed by atoms with Crippen LogP contribution in [0.15, 0.2) is 79.4 Å². The van der Waals surface area contributed by atoms with Gasteiger partial charge in [-0.15, -0.1) is 0 Å². The highest BCUT2D eigenvalue weighted by Crippen LogP contribution is 2.17. The van der Waals surface area contributed by atoms with Crippen LogP contribution < -0.4 is 11.1 Å². The number of carboxylic acids is 3. The van der Waals surface area contributed by atoms with Crippen molar-refractivity contribution in [1.29, 1.82) is 0 Å². The van der Waals surface area contributed by atoms with Crippen molar-refractivity contribution in [1.82, 2.24) is 24.9 Å². The molecule has 0 unspecified atom stereocenters. The first kappa shape index (κ1) is 35.7. The number of aromatic nitrogens is 4. The summed E-state index contributed by atoms with van der Waals surface area (Å²) in [5, 5.41) is 37.6. The highest BCUT2D eigenvalue weighted by molar-refractivity contribution is 5.94. The first-order chi connectivity index (χ1) is 22.2. The Labute approximate surface area is 273 Å². The minimum Gasteiger partial charge on any atom is -0.478 e. The fraction of sp³-hybridized carbons (Fsp3) is 0.229. The minimum atomic E-state index is -1.12. The average molecular weight is 641 g/mol. The predicted molar refractivity (Wildman–Crippen MR) is 179 cm³/mol. The van der Waals surface area contributed by atoms with Crippen molar-refractivity contribution in [2.45, 2.75) is 47.3 Å². The van der Waals surface area contributed by atoms with Crippen molar-refractivity contribution in [3.8, 4) is 0 Å². The number of nitrogen functional groups attached to an aromatic ring is 1. The number of nitrogens with two attached hydrogens (primary N) is 1. The highest BCUT2D eigenvalue weighted by atomic mass is 16.4. The third kappa shape index (κ3) is 11.0. The summed E-state index contributed by atoms with van der Waals surface area (Å²) in [4.78, 5) is 31.9. The maximum absolute atomic E-state index is 10.8. The van der Waals surface area contributed by atoms with Gasteiger partial charge in [-0.05, 0) is 104 Å². The number of anilines is 1. The number of benzene rings is 3. The first-order valence-corrected chi connectivity index (χ1v) is 14.7. The van der Waals surface area contributed by atoms with E-state index >= 15 is 0 Å². The Morgan fingerprint density at radius 2 is 1.15 bits per heavy atom. The van der Waals surface area contributed by atoms with Gasteiger partial charge in [-0.1, -0.05) is 24.3 Å². The number of aryl methyl sites for hydroxylation is 4. The smallest absolute Gasteiger partial charge is 0.338 e. The van der Waals surface area contributed by atoms with Gasteiger partial charge in [0.2, 0.25) is 0 Å². The summed E-state index contributed by atoms with van der Waals surface area (Å²) in [7, 11) is 1.95. The van der Waals surface area contributed by atoms with E-state index < -0.39 is 17.9 Å². The first-order valence-electron chi connectivity index (χ1n) is 14.7. The van der Waals surface area contributed by atoms with E-state index in [0.29, 0.717) is 12.1 Å². The van der Waals surface area contributed by atoms with Gasteiger partial charge in [0.15, 0.2) is 0 Å². The lowest BCUT2D eigenvalue weighted by Gasteiger charge is -2.09. The fourth-order valence-electron chi connectivity index (χ4n) is 4.75. The molecule has 0 spiro atoms. The lowest BCUT2D eigenvalue weighted by Crippen LogP contribution is -2.08. The molecule has 5 aromatic rings. The summed E-state index contributed by atoms with van der Waals surface area (Å²) in [6.07, 6.45) is 6.73. The van der Waals surface area contributed by atoms with Crippen molar-refractivity contribution in [2.75, 3.05) is 12.8 Å². The van der Waals surface area contributed by atoms with E-state index in [1.54, 1.807) is 11.6 Å². The Morgan fingerprint density at radius 1 is 0.681 bits per heavy atom. The molecule has 5 rings (SSSR count). The van der Waals surface area contributed by atoms with Gasteiger partial charge in [0.1, 0.15) is 0 Å². The molecule has 3 aromatic carbocycles. The summed E-state index contributed by atoms with van der Waals surface area (Å²) in [6, 6.07) is 16.2. The van der Waals surface area contributed by atoms with E-state index in [9.17, 15) is 14.4 Å². The van der Waals surface area contributed by atoms with E-state index in [0.717, 1.165) is 36.0 Å². The normalized spacial score (nSPS) is 10.3. The molecule has 0 atom stereocenters. The Morgan fingerprint density at radius 3 is 1.55 bits per heavy atom. The van der Waals surface area contributed by atoms with Gasteiger partial charge < -0.3 is 26.4 Å². The van der Waals surface area contributed by atoms with Crippen molar-refractivity contribution >= 4 is 23.6 Å². The van der Waals surface area contributed by atoms with Gasteiger partial charge in [0, 0.05) is 24.6 Å². The minimum absolute atomic E-state index is 0.00241. The third-order valence-corrected chi connectivity index (χ3v) is 7.00. The van der Waals surface area contributed by atoms with Crippen LogP contribution in [0.3, 0.4) is 0 Å². The SMILES string of the molecule is CNCc1c(C)cc(N)cc1C.Cc1cc(C(=O)O)cc(C(=O)O)c1.Cc1cnn(Cc2ccc(Cn3cc(C(=O)O)cn3)cc2)c1. The van der Waals surface area contributed by atoms with Crippen LogP contribution in [0.1, 0.15) is 70.0 Å². The maximum atomic E-state index is 10.8. The average Bonchev–Trinajstić information content (AvgIpc) is 3.65. The van der Waals surface area contributed by atoms with Crippen LogP contribution >= 0.6 is 0 Å². The number of aromatic carboxylic acids is 3. The van der Waals surface area contributed by atoms with E-state index in [-0.39, 0.29) is 16.7 Å². The number of hydrogen-bond acceptors (Lipinski definition) is 7. The molecule has 6 N–H and O–H groups in total. The number of hydrogen-bond donors (Lipinski definition) is 5. The molecular formula is C35H40N6O6. The summed E-state index contributed by atoms with van der Waals surface area (Å²) < 4.78 is 3.52. The Balaban J connectivity index is 0.000000206. The molecule has 0 aliphatic carbocycles. The van der Waals surface area contributed by atoms with Gasteiger partial charge in [-0.2, -0.15) is 10.2 Å². The van der Waals surface area contributed by atoms with Gasteiger partial charge in [-0.25, -0.2) is 14.4 Å². The van der Waals surface area contributed by atoms with Crippen LogP contribution in [0.25, 0.3) is 0 Å². The number of carboxylic acid groups (broad SMARTS) is 3. The molecule has 47 heavy (non-hydrogen) atoms. The summed E-state index contributed by atoms with van der Waals surface area (Å²) in [5.41, 5.74) is 14.6. The van der Waals surface area contributed by atoms with E-state index in [1.165, 1.54) is 46.8 Å². The monoisotopic (exact) mass is 640 g/mol. The highest BCUT2D eigenvalue weighted by Gasteiger charge is 2.09. The number of nitrogens with one attached hydrogen (secondary N) is 1. The van der Waals surface area contributed by atoms with Crippen LogP contribution in [0.4, 0.5) is 5.69 Å². The van der Waals surface area contributed by atoms with Crippen molar-refractivity contribution in [2.24, 2.45) is 0 Å². The fourth-order valence-corrected chi connectivity index (χ4v) is 4.75. The van der Waals surface area contributed by atoms with Crippen molar-refractivity contribution in [3.63, 3.8) is 0 Å². The molecule has 0 aliphatic rings. The van der Waals surface area contributed by atoms with Gasteiger partial charge >= 0.3 is 17.9 Å². The van der Waals surface area contributed by atoms with E-state index in [2.05, 4.69) is 29.4 Å². The quantitative estimate of drug-likeness (QED) is 0.134. The lowest BCUT2D eigenvalue weighted by molar-refractivity contribution is 0.0682. The van der Waals surface area contributed by atoms with Gasteiger partial charge in [0.25, 0.3) is 0 Å². The predicted octanol–water partition coefficient (Wildman–Crippen LogP) is 5.18. The molecule has 0 amide bonds. The van der Waals surface area contributed by atoms with Gasteiger partial charge in [-0.3, -0.25) is 9.36 Å². The topological polar surface area (TPSA) is 186 Å². The zero-order valence-electron chi connectivity index (χ0n) is 27.1. The molecule has 12 nitrogen and oxygen atoms in total. The molecule has 12 heteroatoms. The van der Waals surface area contributed by atoms with E-state index in [4.69, 9.17) is 21.1 Å². The van der Waals surface area contributed by atoms with Crippen LogP contribution in [0, 0.1) is 27.7 Å². The Kier molecular flexibility index (Phi) is 12.6. The molecular weight excluding hydrogens is 600 g/mol. The molecule has 0 fully saturated rings. The van der Waals surface area contributed by atoms with E-state index in [1.807, 2.05) is 67.4 Å². The molecule has 0 radical (unpaired) electrons. The van der Waals surface area contributed by atoms with Crippen LogP contribution in [0.2, 0.25) is 0 Å². The van der Waals surface area contributed by atoms with Crippen LogP contribution in [0.5, 0.6) is 0 Å². The molecule has 0 aliphatic heterocycles. The number of rotatable bonds is 9. The Bertz CT molecular complexity index is 1790. The number of carbonyl (C=O) groups is 3. The molecule has 0 bridgehead atoms. The van der Waals surface area contributed by atoms with Crippen molar-refractivity contribution < 1.29 is 29.7 Å². The maximum Gasteiger partial charge on any atom is 0.338 e. The Hall–Kier alpha value is -5.75. The number of nitrogens with zero attached hydrogens (tertiary/aromatic N) is 4. The second kappa shape index (κ2) is 16.5. The van der Waals surface area contributed by atoms with Crippen molar-refractivity contribution in [3.05, 3.63) is 135 Å². The van der Waals surface area contributed by atoms with Gasteiger partial charge in [0.05, 0.1) is 42.2 Å². The lowest BCUT2D eigenvalue weighted by atomic mass is 10.0. The molecule has 2 aromatic heterocycles. The largest absolute Gasteiger partial charge is 0.478 e. The second-order valence-corrected chi connectivity index (χ2v) is 11.1. The molecule has 2 heterocycles. The molecule has 0 saturated carbocycles. The standard InChI is InChI=1S/C16H16N4O2.C10H16N2.C9H8O4/c1-12-6-17-19(8-12)9-13-2-4-14(5-3-13)10-20-11-15(7-18-20)16(21)22;1-7-4-9(11)5-8(2)10(7)6-12-3;1-5-2-6(8(10)11)4-7(3-5)9(12)13/h2-8,11H,9-10H2,1H3,(H,21,22);4-5,12H,6,11H2,1-3H3;2-4H,1H3,(H,10,11)(H,12,13). The molecule has 246 valence electrons. The second-order valence-electron chi connectivity index (χ2n) is 11.1. The third-order valence-electron chi connectivity index (χ3n) is 7.00. The molecule has 0 saturated heterocycles. The zero-order valence-corrected chi connectivity index (χ0v) is 27.1. The summed E-state index contributed by atoms with van der Waals surface area (Å²) in [5.74, 6) is -3.20. The zero-order chi connectivity index (χ0) is 34.7. The van der Waals surface area contributed by atoms with Crippen LogP contribution in [-0.4, -0.2) is 59.8 Å². The van der Waals surface area contributed by atoms with Crippen LogP contribution in [-0.2, 0) is 19.6 Å². The summed E-state index contributed by atoms with van der Waals surface area (Å²) >= 11 is 0. The summed E-state index contributed by atoms with van der Waals surface area (Å²) in [6.45, 7) is 10.1.